The molecular formula is C30H36BrN3O6S. The summed E-state index contributed by atoms with van der Waals surface area (Å²) in [5, 5.41) is 2.92. The van der Waals surface area contributed by atoms with Gasteiger partial charge in [-0.15, -0.1) is 0 Å². The van der Waals surface area contributed by atoms with Crippen LogP contribution in [-0.4, -0.2) is 57.5 Å². The van der Waals surface area contributed by atoms with Gasteiger partial charge in [-0.25, -0.2) is 8.42 Å². The standard InChI is InChI=1S/C30H36BrN3O6S/c1-21(29(36)32-30(2,3)4)33(19-22-10-9-11-23(31)18-22)28(35)20-34(26-12-7-8-13-27(26)40-6)41(37,38)25-16-14-24(39-5)15-17-25/h7-18,21H,19-20H2,1-6H3,(H,32,36). The number of methoxy groups -OCH3 is 2. The fourth-order valence-corrected chi connectivity index (χ4v) is 5.98. The van der Waals surface area contributed by atoms with Crippen LogP contribution in [0.15, 0.2) is 82.2 Å². The zero-order valence-electron chi connectivity index (χ0n) is 24.0. The number of halogens is 1. The van der Waals surface area contributed by atoms with Crippen molar-refractivity contribution in [1.82, 2.24) is 10.2 Å². The van der Waals surface area contributed by atoms with Gasteiger partial charge in [-0.3, -0.25) is 13.9 Å². The summed E-state index contributed by atoms with van der Waals surface area (Å²) >= 11 is 3.45. The third-order valence-electron chi connectivity index (χ3n) is 6.19. The largest absolute Gasteiger partial charge is 0.497 e. The Labute approximate surface area is 250 Å². The third-order valence-corrected chi connectivity index (χ3v) is 8.45. The molecule has 2 amide bonds. The molecule has 3 aromatic carbocycles. The first-order chi connectivity index (χ1) is 19.3. The zero-order valence-corrected chi connectivity index (χ0v) is 26.5. The molecule has 0 aliphatic heterocycles. The van der Waals surface area contributed by atoms with Crippen LogP contribution in [0.4, 0.5) is 5.69 Å². The summed E-state index contributed by atoms with van der Waals surface area (Å²) in [7, 11) is -1.34. The second kappa shape index (κ2) is 13.4. The van der Waals surface area contributed by atoms with E-state index < -0.39 is 34.1 Å². The minimum atomic E-state index is -4.25. The van der Waals surface area contributed by atoms with Crippen LogP contribution in [0, 0.1) is 0 Å². The van der Waals surface area contributed by atoms with Gasteiger partial charge in [0, 0.05) is 16.6 Å². The minimum Gasteiger partial charge on any atom is -0.497 e. The predicted octanol–water partition coefficient (Wildman–Crippen LogP) is 4.99. The third kappa shape index (κ3) is 8.23. The average molecular weight is 647 g/mol. The predicted molar refractivity (Wildman–Crippen MR) is 163 cm³/mol. The smallest absolute Gasteiger partial charge is 0.264 e. The van der Waals surface area contributed by atoms with Crippen molar-refractivity contribution in [1.29, 1.82) is 0 Å². The van der Waals surface area contributed by atoms with E-state index in [9.17, 15) is 18.0 Å². The molecule has 41 heavy (non-hydrogen) atoms. The summed E-state index contributed by atoms with van der Waals surface area (Å²) < 4.78 is 40.5. The van der Waals surface area contributed by atoms with Crippen LogP contribution in [0.1, 0.15) is 33.3 Å². The maximum Gasteiger partial charge on any atom is 0.264 e. The molecule has 220 valence electrons. The number of carbonyl (C=O) groups excluding carboxylic acids is 2. The molecule has 1 atom stereocenters. The Balaban J connectivity index is 2.08. The van der Waals surface area contributed by atoms with Gasteiger partial charge in [0.05, 0.1) is 24.8 Å². The van der Waals surface area contributed by atoms with E-state index in [1.807, 2.05) is 45.0 Å². The lowest BCUT2D eigenvalue weighted by molar-refractivity contribution is -0.140. The number of anilines is 1. The highest BCUT2D eigenvalue weighted by Gasteiger charge is 2.34. The van der Waals surface area contributed by atoms with Crippen molar-refractivity contribution in [2.24, 2.45) is 0 Å². The van der Waals surface area contributed by atoms with Crippen LogP contribution >= 0.6 is 15.9 Å². The monoisotopic (exact) mass is 645 g/mol. The van der Waals surface area contributed by atoms with Gasteiger partial charge in [0.2, 0.25) is 11.8 Å². The van der Waals surface area contributed by atoms with Crippen LogP contribution in [-0.2, 0) is 26.2 Å². The van der Waals surface area contributed by atoms with Gasteiger partial charge < -0.3 is 19.7 Å². The number of nitrogens with zero attached hydrogens (tertiary/aromatic N) is 2. The summed E-state index contributed by atoms with van der Waals surface area (Å²) in [5.74, 6) is -0.163. The lowest BCUT2D eigenvalue weighted by Crippen LogP contribution is -2.54. The molecule has 0 aromatic heterocycles. The molecule has 1 N–H and O–H groups in total. The Morgan fingerprint density at radius 2 is 1.61 bits per heavy atom. The summed E-state index contributed by atoms with van der Waals surface area (Å²) in [4.78, 5) is 28.6. The first kappa shape index (κ1) is 32.0. The second-order valence-electron chi connectivity index (χ2n) is 10.4. The summed E-state index contributed by atoms with van der Waals surface area (Å²) in [5.41, 5.74) is 0.426. The molecule has 0 bridgehead atoms. The van der Waals surface area contributed by atoms with Crippen molar-refractivity contribution < 1.29 is 27.5 Å². The Bertz CT molecular complexity index is 1470. The molecule has 0 saturated carbocycles. The van der Waals surface area contributed by atoms with Gasteiger partial charge >= 0.3 is 0 Å². The highest BCUT2D eigenvalue weighted by molar-refractivity contribution is 9.10. The van der Waals surface area contributed by atoms with Crippen LogP contribution < -0.4 is 19.1 Å². The molecule has 0 radical (unpaired) electrons. The molecule has 1 unspecified atom stereocenters. The van der Waals surface area contributed by atoms with Crippen molar-refractivity contribution in [2.75, 3.05) is 25.1 Å². The molecule has 0 aliphatic rings. The highest BCUT2D eigenvalue weighted by Crippen LogP contribution is 2.33. The molecule has 11 heteroatoms. The van der Waals surface area contributed by atoms with Gasteiger partial charge in [-0.2, -0.15) is 0 Å². The fourth-order valence-electron chi connectivity index (χ4n) is 4.11. The number of rotatable bonds is 11. The van der Waals surface area contributed by atoms with Crippen LogP contribution in [0.5, 0.6) is 11.5 Å². The van der Waals surface area contributed by atoms with E-state index in [1.165, 1.54) is 43.4 Å². The first-order valence-corrected chi connectivity index (χ1v) is 15.2. The molecular weight excluding hydrogens is 610 g/mol. The number of hydrogen-bond acceptors (Lipinski definition) is 6. The summed E-state index contributed by atoms with van der Waals surface area (Å²) in [6, 6.07) is 18.9. The fraction of sp³-hybridized carbons (Fsp3) is 0.333. The van der Waals surface area contributed by atoms with Gasteiger partial charge in [0.25, 0.3) is 10.0 Å². The lowest BCUT2D eigenvalue weighted by atomic mass is 10.1. The zero-order chi connectivity index (χ0) is 30.4. The SMILES string of the molecule is COc1ccc(S(=O)(=O)N(CC(=O)N(Cc2cccc(Br)c2)C(C)C(=O)NC(C)(C)C)c2ccccc2OC)cc1. The Morgan fingerprint density at radius 1 is 0.951 bits per heavy atom. The van der Waals surface area contributed by atoms with Crippen LogP contribution in [0.25, 0.3) is 0 Å². The molecule has 0 aliphatic carbocycles. The maximum absolute atomic E-state index is 14.1. The lowest BCUT2D eigenvalue weighted by Gasteiger charge is -2.33. The van der Waals surface area contributed by atoms with Crippen LogP contribution in [0.2, 0.25) is 0 Å². The van der Waals surface area contributed by atoms with Gasteiger partial charge in [0.15, 0.2) is 0 Å². The van der Waals surface area contributed by atoms with E-state index in [4.69, 9.17) is 9.47 Å². The van der Waals surface area contributed by atoms with Gasteiger partial charge in [-0.1, -0.05) is 40.2 Å². The average Bonchev–Trinajstić information content (AvgIpc) is 2.93. The van der Waals surface area contributed by atoms with Crippen molar-refractivity contribution >= 4 is 43.5 Å². The van der Waals surface area contributed by atoms with Crippen molar-refractivity contribution in [3.8, 4) is 11.5 Å². The van der Waals surface area contributed by atoms with Gasteiger partial charge in [-0.05, 0) is 81.8 Å². The highest BCUT2D eigenvalue weighted by atomic mass is 79.9. The normalized spacial score (nSPS) is 12.3. The Hall–Kier alpha value is -3.57. The number of nitrogens with one attached hydrogen (secondary N) is 1. The molecule has 0 fully saturated rings. The Morgan fingerprint density at radius 3 is 2.20 bits per heavy atom. The van der Waals surface area contributed by atoms with Crippen LogP contribution in [0.3, 0.4) is 0 Å². The number of hydrogen-bond donors (Lipinski definition) is 1. The quantitative estimate of drug-likeness (QED) is 0.315. The molecule has 3 rings (SSSR count). The van der Waals surface area contributed by atoms with Crippen molar-refractivity contribution in [3.63, 3.8) is 0 Å². The first-order valence-electron chi connectivity index (χ1n) is 12.9. The number of benzene rings is 3. The number of para-hydroxylation sites is 2. The van der Waals surface area contributed by atoms with E-state index in [2.05, 4.69) is 21.2 Å². The van der Waals surface area contributed by atoms with E-state index in [0.29, 0.717) is 5.75 Å². The maximum atomic E-state index is 14.1. The Kier molecular flexibility index (Phi) is 10.4. The van der Waals surface area contributed by atoms with Crippen molar-refractivity contribution in [2.45, 2.75) is 50.7 Å². The molecule has 0 saturated heterocycles. The van der Waals surface area contributed by atoms with E-state index in [1.54, 1.807) is 31.2 Å². The van der Waals surface area contributed by atoms with E-state index in [-0.39, 0.29) is 28.8 Å². The van der Waals surface area contributed by atoms with E-state index >= 15 is 0 Å². The summed E-state index contributed by atoms with van der Waals surface area (Å²) in [6.07, 6.45) is 0. The number of sulfonamides is 1. The van der Waals surface area contributed by atoms with Gasteiger partial charge in [0.1, 0.15) is 24.1 Å². The number of ether oxygens (including phenoxy) is 2. The molecule has 0 spiro atoms. The number of carbonyl (C=O) groups is 2. The van der Waals surface area contributed by atoms with Crippen molar-refractivity contribution in [3.05, 3.63) is 82.8 Å². The summed E-state index contributed by atoms with van der Waals surface area (Å²) in [6.45, 7) is 6.69. The van der Waals surface area contributed by atoms with E-state index in [0.717, 1.165) is 14.3 Å². The molecule has 9 nitrogen and oxygen atoms in total. The molecule has 0 heterocycles. The number of amides is 2. The second-order valence-corrected chi connectivity index (χ2v) is 13.2. The molecule has 3 aromatic rings. The minimum absolute atomic E-state index is 0.0333. The topological polar surface area (TPSA) is 105 Å².